The Morgan fingerprint density at radius 3 is 2.29 bits per heavy atom. The Balaban J connectivity index is 1.36. The second-order valence-corrected chi connectivity index (χ2v) is 10.1. The van der Waals surface area contributed by atoms with Gasteiger partial charge in [-0.25, -0.2) is 17.6 Å². The molecule has 0 atom stereocenters. The number of rotatable bonds is 9. The van der Waals surface area contributed by atoms with Gasteiger partial charge in [0.15, 0.2) is 6.61 Å². The van der Waals surface area contributed by atoms with Crippen LogP contribution in [0.2, 0.25) is 0 Å². The molecule has 1 N–H and O–H groups in total. The summed E-state index contributed by atoms with van der Waals surface area (Å²) in [6.45, 7) is 1.52. The topological polar surface area (TPSA) is 92.8 Å². The number of nitrogens with one attached hydrogen (secondary N) is 1. The van der Waals surface area contributed by atoms with Crippen molar-refractivity contribution in [2.45, 2.75) is 37.2 Å². The lowest BCUT2D eigenvalue weighted by molar-refractivity contribution is -0.135. The fourth-order valence-corrected chi connectivity index (χ4v) is 4.58. The summed E-state index contributed by atoms with van der Waals surface area (Å²) in [4.78, 5) is 26.6. The molecule has 0 aromatic heterocycles. The number of esters is 1. The number of halogens is 1. The van der Waals surface area contributed by atoms with Gasteiger partial charge in [0.2, 0.25) is 0 Å². The first-order chi connectivity index (χ1) is 16.7. The predicted octanol–water partition coefficient (Wildman–Crippen LogP) is 4.28. The molecule has 1 aliphatic carbocycles. The van der Waals surface area contributed by atoms with Gasteiger partial charge in [0.25, 0.3) is 15.9 Å². The molecular formula is C26H25FN2O5S. The summed E-state index contributed by atoms with van der Waals surface area (Å²) < 4.78 is 46.9. The zero-order valence-corrected chi connectivity index (χ0v) is 19.9. The number of anilines is 1. The minimum atomic E-state index is -3.84. The first-order valence-corrected chi connectivity index (χ1v) is 12.6. The number of amides is 1. The number of carbonyl (C=O) groups is 2. The molecule has 4 rings (SSSR count). The molecule has 7 nitrogen and oxygen atoms in total. The van der Waals surface area contributed by atoms with Gasteiger partial charge < -0.3 is 9.64 Å². The van der Waals surface area contributed by atoms with Crippen LogP contribution in [0.25, 0.3) is 0 Å². The van der Waals surface area contributed by atoms with Crippen molar-refractivity contribution in [3.63, 3.8) is 0 Å². The largest absolute Gasteiger partial charge is 0.452 e. The van der Waals surface area contributed by atoms with Crippen molar-refractivity contribution in [2.75, 3.05) is 11.3 Å². The van der Waals surface area contributed by atoms with E-state index in [1.165, 1.54) is 35.2 Å². The van der Waals surface area contributed by atoms with Gasteiger partial charge in [-0.1, -0.05) is 35.9 Å². The molecule has 0 radical (unpaired) electrons. The van der Waals surface area contributed by atoms with E-state index in [0.29, 0.717) is 11.3 Å². The fraction of sp³-hybridized carbons (Fsp3) is 0.231. The van der Waals surface area contributed by atoms with Gasteiger partial charge in [-0.2, -0.15) is 0 Å². The van der Waals surface area contributed by atoms with Crippen molar-refractivity contribution in [2.24, 2.45) is 0 Å². The lowest BCUT2D eigenvalue weighted by atomic mass is 10.2. The van der Waals surface area contributed by atoms with Crippen LogP contribution < -0.4 is 4.72 Å². The van der Waals surface area contributed by atoms with Crippen LogP contribution in [-0.4, -0.2) is 37.8 Å². The maximum Gasteiger partial charge on any atom is 0.338 e. The van der Waals surface area contributed by atoms with Gasteiger partial charge in [0, 0.05) is 23.8 Å². The highest BCUT2D eigenvalue weighted by molar-refractivity contribution is 7.92. The van der Waals surface area contributed by atoms with Crippen molar-refractivity contribution in [1.29, 1.82) is 0 Å². The van der Waals surface area contributed by atoms with E-state index in [0.717, 1.165) is 18.4 Å². The van der Waals surface area contributed by atoms with E-state index in [4.69, 9.17) is 4.74 Å². The third-order valence-electron chi connectivity index (χ3n) is 5.64. The molecule has 0 heterocycles. The van der Waals surface area contributed by atoms with Crippen molar-refractivity contribution in [3.8, 4) is 0 Å². The second kappa shape index (κ2) is 10.3. The molecule has 1 saturated carbocycles. The molecule has 0 bridgehead atoms. The Kier molecular flexibility index (Phi) is 7.16. The molecular weight excluding hydrogens is 471 g/mol. The molecule has 35 heavy (non-hydrogen) atoms. The average Bonchev–Trinajstić information content (AvgIpc) is 3.68. The van der Waals surface area contributed by atoms with Gasteiger partial charge in [-0.15, -0.1) is 0 Å². The Bertz CT molecular complexity index is 1320. The Morgan fingerprint density at radius 2 is 1.66 bits per heavy atom. The fourth-order valence-electron chi connectivity index (χ4n) is 3.52. The average molecular weight is 497 g/mol. The SMILES string of the molecule is Cc1ccc(NS(=O)(=O)c2ccc(C(=O)OCC(=O)N(Cc3ccccc3F)C3CC3)cc2)cc1. The number of hydrogen-bond donors (Lipinski definition) is 1. The normalized spacial score (nSPS) is 13.2. The molecule has 0 saturated heterocycles. The third-order valence-corrected chi connectivity index (χ3v) is 7.03. The zero-order chi connectivity index (χ0) is 25.0. The molecule has 1 fully saturated rings. The Labute approximate surface area is 203 Å². The van der Waals surface area contributed by atoms with Crippen LogP contribution in [0.3, 0.4) is 0 Å². The molecule has 9 heteroatoms. The lowest BCUT2D eigenvalue weighted by Gasteiger charge is -2.22. The summed E-state index contributed by atoms with van der Waals surface area (Å²) in [5, 5.41) is 0. The molecule has 182 valence electrons. The molecule has 1 amide bonds. The smallest absolute Gasteiger partial charge is 0.338 e. The van der Waals surface area contributed by atoms with E-state index in [2.05, 4.69) is 4.72 Å². The lowest BCUT2D eigenvalue weighted by Crippen LogP contribution is -2.36. The number of ether oxygens (including phenoxy) is 1. The van der Waals surface area contributed by atoms with Crippen molar-refractivity contribution in [1.82, 2.24) is 4.90 Å². The predicted molar refractivity (Wildman–Crippen MR) is 129 cm³/mol. The van der Waals surface area contributed by atoms with E-state index >= 15 is 0 Å². The van der Waals surface area contributed by atoms with Gasteiger partial charge in [0.05, 0.1) is 10.5 Å². The van der Waals surface area contributed by atoms with Crippen molar-refractivity contribution >= 4 is 27.6 Å². The highest BCUT2D eigenvalue weighted by atomic mass is 32.2. The molecule has 1 aliphatic rings. The van der Waals surface area contributed by atoms with E-state index in [1.54, 1.807) is 42.5 Å². The van der Waals surface area contributed by atoms with Gasteiger partial charge in [-0.05, 0) is 62.2 Å². The molecule has 0 aliphatic heterocycles. The van der Waals surface area contributed by atoms with Crippen LogP contribution in [0.15, 0.2) is 77.7 Å². The van der Waals surface area contributed by atoms with E-state index in [1.807, 2.05) is 6.92 Å². The second-order valence-electron chi connectivity index (χ2n) is 8.42. The molecule has 0 unspecified atom stereocenters. The maximum absolute atomic E-state index is 14.0. The minimum Gasteiger partial charge on any atom is -0.452 e. The van der Waals surface area contributed by atoms with Crippen molar-refractivity contribution < 1.29 is 27.1 Å². The summed E-state index contributed by atoms with van der Waals surface area (Å²) in [5.41, 5.74) is 1.93. The number of sulfonamides is 1. The summed E-state index contributed by atoms with van der Waals surface area (Å²) >= 11 is 0. The monoisotopic (exact) mass is 496 g/mol. The highest BCUT2D eigenvalue weighted by Gasteiger charge is 2.33. The van der Waals surface area contributed by atoms with Crippen LogP contribution in [0, 0.1) is 12.7 Å². The Morgan fingerprint density at radius 1 is 1.00 bits per heavy atom. The summed E-state index contributed by atoms with van der Waals surface area (Å²) in [7, 11) is -3.84. The minimum absolute atomic E-state index is 0.00586. The number of nitrogens with zero attached hydrogens (tertiary/aromatic N) is 1. The number of aryl methyl sites for hydroxylation is 1. The first kappa shape index (κ1) is 24.4. The Hall–Kier alpha value is -3.72. The van der Waals surface area contributed by atoms with Gasteiger partial charge in [0.1, 0.15) is 5.82 Å². The van der Waals surface area contributed by atoms with Crippen molar-refractivity contribution in [3.05, 3.63) is 95.3 Å². The quantitative estimate of drug-likeness (QED) is 0.447. The van der Waals surface area contributed by atoms with E-state index in [-0.39, 0.29) is 23.0 Å². The maximum atomic E-state index is 14.0. The van der Waals surface area contributed by atoms with Gasteiger partial charge in [-0.3, -0.25) is 9.52 Å². The van der Waals surface area contributed by atoms with Crippen LogP contribution >= 0.6 is 0 Å². The summed E-state index contributed by atoms with van der Waals surface area (Å²) in [6.07, 6.45) is 1.64. The molecule has 3 aromatic carbocycles. The van der Waals surface area contributed by atoms with Crippen LogP contribution in [-0.2, 0) is 26.1 Å². The summed E-state index contributed by atoms with van der Waals surface area (Å²) in [5.74, 6) is -1.56. The van der Waals surface area contributed by atoms with Crippen LogP contribution in [0.1, 0.15) is 34.3 Å². The van der Waals surface area contributed by atoms with Gasteiger partial charge >= 0.3 is 5.97 Å². The highest BCUT2D eigenvalue weighted by Crippen LogP contribution is 2.29. The summed E-state index contributed by atoms with van der Waals surface area (Å²) in [6, 6.07) is 18.4. The number of benzene rings is 3. The van der Waals surface area contributed by atoms with E-state index < -0.39 is 34.3 Å². The third kappa shape index (κ3) is 6.24. The van der Waals surface area contributed by atoms with Crippen LogP contribution in [0.4, 0.5) is 10.1 Å². The standard InChI is InChI=1S/C26H25FN2O5S/c1-18-6-10-21(11-7-18)28-35(32,33)23-14-8-19(9-15-23)26(31)34-17-25(30)29(22-12-13-22)16-20-4-2-3-5-24(20)27/h2-11,14-15,22,28H,12-13,16-17H2,1H3. The number of hydrogen-bond acceptors (Lipinski definition) is 5. The first-order valence-electron chi connectivity index (χ1n) is 11.1. The zero-order valence-electron chi connectivity index (χ0n) is 19.1. The van der Waals surface area contributed by atoms with Crippen LogP contribution in [0.5, 0.6) is 0 Å². The number of carbonyl (C=O) groups excluding carboxylic acids is 2. The van der Waals surface area contributed by atoms with E-state index in [9.17, 15) is 22.4 Å². The molecule has 3 aromatic rings. The molecule has 0 spiro atoms.